The van der Waals surface area contributed by atoms with Crippen molar-refractivity contribution in [2.24, 2.45) is 0 Å². The first-order chi connectivity index (χ1) is 20.6. The molecule has 2 aliphatic rings. The third kappa shape index (κ3) is 6.96. The molecule has 1 N–H and O–H groups in total. The highest BCUT2D eigenvalue weighted by Gasteiger charge is 2.38. The number of benzene rings is 2. The molecule has 5 rings (SSSR count). The summed E-state index contributed by atoms with van der Waals surface area (Å²) in [6.07, 6.45) is -3.29. The summed E-state index contributed by atoms with van der Waals surface area (Å²) in [5.74, 6) is -1.71. The minimum absolute atomic E-state index is 0.0146. The van der Waals surface area contributed by atoms with E-state index in [1.54, 1.807) is 29.2 Å². The molecule has 0 bridgehead atoms. The average molecular weight is 615 g/mol. The third-order valence-electron chi connectivity index (χ3n) is 7.37. The smallest absolute Gasteiger partial charge is 0.379 e. The number of halogens is 3. The molecule has 0 saturated carbocycles. The Morgan fingerprint density at radius 2 is 1.74 bits per heavy atom. The molecule has 10 nitrogen and oxygen atoms in total. The van der Waals surface area contributed by atoms with Crippen LogP contribution >= 0.6 is 0 Å². The molecule has 2 fully saturated rings. The van der Waals surface area contributed by atoms with E-state index in [9.17, 15) is 26.4 Å². The number of aromatic nitrogens is 2. The van der Waals surface area contributed by atoms with E-state index in [1.807, 2.05) is 6.07 Å². The highest BCUT2D eigenvalue weighted by Crippen LogP contribution is 2.33. The fraction of sp³-hybridized carbons (Fsp3) is 0.379. The maximum atomic E-state index is 13.9. The van der Waals surface area contributed by atoms with E-state index in [0.717, 1.165) is 5.56 Å². The minimum atomic E-state index is -4.84. The van der Waals surface area contributed by atoms with Crippen molar-refractivity contribution in [1.82, 2.24) is 19.6 Å². The fourth-order valence-electron chi connectivity index (χ4n) is 5.10. The molecule has 0 radical (unpaired) electrons. The zero-order chi connectivity index (χ0) is 30.6. The second kappa shape index (κ2) is 12.7. The van der Waals surface area contributed by atoms with Gasteiger partial charge in [0.2, 0.25) is 21.8 Å². The lowest BCUT2D eigenvalue weighted by atomic mass is 10.1. The second-order valence-corrected chi connectivity index (χ2v) is 12.1. The zero-order valence-corrected chi connectivity index (χ0v) is 23.9. The molecule has 43 heavy (non-hydrogen) atoms. The van der Waals surface area contributed by atoms with Gasteiger partial charge in [0, 0.05) is 37.8 Å². The van der Waals surface area contributed by atoms with Gasteiger partial charge in [-0.15, -0.1) is 0 Å². The van der Waals surface area contributed by atoms with Gasteiger partial charge >= 0.3 is 6.18 Å². The molecule has 14 heteroatoms. The first-order valence-electron chi connectivity index (χ1n) is 13.7. The van der Waals surface area contributed by atoms with Crippen LogP contribution in [0.4, 0.5) is 19.0 Å². The van der Waals surface area contributed by atoms with Crippen LogP contribution in [0.15, 0.2) is 59.5 Å². The number of alkyl halides is 3. The van der Waals surface area contributed by atoms with Crippen molar-refractivity contribution >= 4 is 21.7 Å². The van der Waals surface area contributed by atoms with Gasteiger partial charge in [-0.2, -0.15) is 22.7 Å². The maximum absolute atomic E-state index is 13.9. The van der Waals surface area contributed by atoms with E-state index in [4.69, 9.17) is 10.00 Å². The Balaban J connectivity index is 1.35. The molecule has 3 aromatic rings. The van der Waals surface area contributed by atoms with Gasteiger partial charge in [-0.25, -0.2) is 18.4 Å². The fourth-order valence-corrected chi connectivity index (χ4v) is 6.51. The summed E-state index contributed by atoms with van der Waals surface area (Å²) in [4.78, 5) is 22.2. The van der Waals surface area contributed by atoms with Gasteiger partial charge in [-0.3, -0.25) is 4.79 Å². The number of carbonyl (C=O) groups excluding carboxylic acids is 1. The third-order valence-corrected chi connectivity index (χ3v) is 9.28. The molecular weight excluding hydrogens is 585 g/mol. The number of carbonyl (C=O) groups is 1. The van der Waals surface area contributed by atoms with Crippen molar-refractivity contribution in [1.29, 1.82) is 5.26 Å². The Morgan fingerprint density at radius 1 is 1.05 bits per heavy atom. The molecule has 2 aliphatic heterocycles. The predicted octanol–water partition coefficient (Wildman–Crippen LogP) is 3.38. The van der Waals surface area contributed by atoms with Crippen molar-refractivity contribution in [3.05, 3.63) is 71.5 Å². The molecule has 0 spiro atoms. The Hall–Kier alpha value is -4.06. The molecule has 1 atom stereocenters. The number of nitrogens with one attached hydrogen (secondary N) is 1. The first kappa shape index (κ1) is 30.4. The van der Waals surface area contributed by atoms with Crippen LogP contribution in [0.5, 0.6) is 0 Å². The molecule has 226 valence electrons. The topological polar surface area (TPSA) is 129 Å². The van der Waals surface area contributed by atoms with Crippen molar-refractivity contribution in [2.45, 2.75) is 36.4 Å². The number of ether oxygens (including phenoxy) is 1. The number of sulfonamides is 1. The van der Waals surface area contributed by atoms with Crippen LogP contribution in [0, 0.1) is 11.3 Å². The summed E-state index contributed by atoms with van der Waals surface area (Å²) in [5, 5.41) is 11.8. The zero-order valence-electron chi connectivity index (χ0n) is 23.0. The number of morpholine rings is 1. The van der Waals surface area contributed by atoms with E-state index in [-0.39, 0.29) is 54.2 Å². The van der Waals surface area contributed by atoms with Gasteiger partial charge in [0.05, 0.1) is 35.4 Å². The molecule has 1 amide bonds. The predicted molar refractivity (Wildman–Crippen MR) is 150 cm³/mol. The highest BCUT2D eigenvalue weighted by molar-refractivity contribution is 7.89. The van der Waals surface area contributed by atoms with E-state index >= 15 is 0 Å². The molecule has 1 unspecified atom stereocenters. The quantitative estimate of drug-likeness (QED) is 0.409. The summed E-state index contributed by atoms with van der Waals surface area (Å²) >= 11 is 0. The van der Waals surface area contributed by atoms with E-state index in [0.29, 0.717) is 37.9 Å². The second-order valence-electron chi connectivity index (χ2n) is 10.2. The number of nitriles is 1. The van der Waals surface area contributed by atoms with Gasteiger partial charge < -0.3 is 15.0 Å². The lowest BCUT2D eigenvalue weighted by Gasteiger charge is -2.26. The number of anilines is 1. The molecule has 2 saturated heterocycles. The van der Waals surface area contributed by atoms with Crippen LogP contribution in [-0.2, 0) is 32.2 Å². The summed E-state index contributed by atoms with van der Waals surface area (Å²) in [6, 6.07) is 15.2. The van der Waals surface area contributed by atoms with Crippen molar-refractivity contribution in [3.63, 3.8) is 0 Å². The Labute approximate surface area is 247 Å². The van der Waals surface area contributed by atoms with Crippen LogP contribution in [0.25, 0.3) is 11.3 Å². The van der Waals surface area contributed by atoms with Crippen LogP contribution in [-0.4, -0.2) is 74.0 Å². The SMILES string of the molecule is N#Cc1ccc(CCNC(=O)C2CCCN2c2cc(-c3ccc(S(=O)(=O)N4CCOCC4)cc3)nc(C(F)(F)F)n2)cc1. The number of rotatable bonds is 8. The molecule has 2 aromatic carbocycles. The largest absolute Gasteiger partial charge is 0.451 e. The molecular formula is C29H29F3N6O4S. The summed E-state index contributed by atoms with van der Waals surface area (Å²) in [7, 11) is -3.78. The summed E-state index contributed by atoms with van der Waals surface area (Å²) in [6.45, 7) is 1.65. The minimum Gasteiger partial charge on any atom is -0.379 e. The number of hydrogen-bond donors (Lipinski definition) is 1. The lowest BCUT2D eigenvalue weighted by Crippen LogP contribution is -2.44. The standard InChI is InChI=1S/C29H29F3N6O4S/c30-29(31,32)28-35-24(22-7-9-23(10-8-22)43(40,41)37-14-16-42-17-15-37)18-26(36-28)38-13-1-2-25(38)27(39)34-12-11-20-3-5-21(19-33)6-4-20/h3-10,18,25H,1-2,11-17H2,(H,34,39). The van der Waals surface area contributed by atoms with Gasteiger partial charge in [0.15, 0.2) is 0 Å². The van der Waals surface area contributed by atoms with Crippen LogP contribution < -0.4 is 10.2 Å². The Morgan fingerprint density at radius 3 is 2.40 bits per heavy atom. The van der Waals surface area contributed by atoms with Gasteiger partial charge in [0.1, 0.15) is 11.9 Å². The first-order valence-corrected chi connectivity index (χ1v) is 15.2. The number of nitrogens with zero attached hydrogens (tertiary/aromatic N) is 5. The highest BCUT2D eigenvalue weighted by atomic mass is 32.2. The van der Waals surface area contributed by atoms with Crippen molar-refractivity contribution in [2.75, 3.05) is 44.3 Å². The molecule has 3 heterocycles. The van der Waals surface area contributed by atoms with Gasteiger partial charge in [0.25, 0.3) is 0 Å². The number of hydrogen-bond acceptors (Lipinski definition) is 8. The Kier molecular flexibility index (Phi) is 8.95. The van der Waals surface area contributed by atoms with E-state index in [1.165, 1.54) is 34.6 Å². The number of amides is 1. The molecule has 1 aromatic heterocycles. The monoisotopic (exact) mass is 614 g/mol. The van der Waals surface area contributed by atoms with Gasteiger partial charge in [-0.1, -0.05) is 24.3 Å². The van der Waals surface area contributed by atoms with Gasteiger partial charge in [-0.05, 0) is 49.1 Å². The average Bonchev–Trinajstić information content (AvgIpc) is 3.52. The summed E-state index contributed by atoms with van der Waals surface area (Å²) < 4.78 is 74.1. The molecule has 0 aliphatic carbocycles. The van der Waals surface area contributed by atoms with Crippen molar-refractivity contribution < 1.29 is 31.1 Å². The van der Waals surface area contributed by atoms with E-state index < -0.39 is 28.1 Å². The normalized spacial score (nSPS) is 17.9. The summed E-state index contributed by atoms with van der Waals surface area (Å²) in [5.41, 5.74) is 1.70. The van der Waals surface area contributed by atoms with E-state index in [2.05, 4.69) is 15.3 Å². The van der Waals surface area contributed by atoms with Crippen LogP contribution in [0.3, 0.4) is 0 Å². The Bertz CT molecular complexity index is 1600. The lowest BCUT2D eigenvalue weighted by molar-refractivity contribution is -0.144. The van der Waals surface area contributed by atoms with Crippen LogP contribution in [0.1, 0.15) is 29.8 Å². The van der Waals surface area contributed by atoms with Crippen LogP contribution in [0.2, 0.25) is 0 Å². The maximum Gasteiger partial charge on any atom is 0.451 e. The van der Waals surface area contributed by atoms with Crippen molar-refractivity contribution in [3.8, 4) is 17.3 Å².